The van der Waals surface area contributed by atoms with Gasteiger partial charge in [0.1, 0.15) is 6.54 Å². The van der Waals surface area contributed by atoms with Crippen molar-refractivity contribution in [2.24, 2.45) is 0 Å². The van der Waals surface area contributed by atoms with Crippen LogP contribution in [-0.4, -0.2) is 34.8 Å². The zero-order valence-electron chi connectivity index (χ0n) is 19.0. The molecule has 0 saturated heterocycles. The lowest BCUT2D eigenvalue weighted by atomic mass is 10.2. The van der Waals surface area contributed by atoms with E-state index in [1.54, 1.807) is 40.5 Å². The average molecular weight is 461 g/mol. The molecule has 3 amide bonds. The van der Waals surface area contributed by atoms with Crippen molar-refractivity contribution >= 4 is 29.0 Å². The Balaban J connectivity index is 1.72. The highest BCUT2D eigenvalue weighted by Crippen LogP contribution is 2.19. The molecule has 1 heterocycles. The molecular weight excluding hydrogens is 432 g/mol. The summed E-state index contributed by atoms with van der Waals surface area (Å²) >= 11 is 1.67. The molecule has 0 spiro atoms. The van der Waals surface area contributed by atoms with Gasteiger partial charge >= 0.3 is 6.03 Å². The van der Waals surface area contributed by atoms with E-state index in [1.807, 2.05) is 50.2 Å². The Morgan fingerprint density at radius 2 is 1.70 bits per heavy atom. The lowest BCUT2D eigenvalue weighted by Gasteiger charge is -2.27. The maximum atomic E-state index is 13.4. The molecule has 1 N–H and O–H groups in total. The second kappa shape index (κ2) is 11.8. The van der Waals surface area contributed by atoms with E-state index < -0.39 is 0 Å². The van der Waals surface area contributed by atoms with Crippen LogP contribution >= 0.6 is 11.3 Å². The molecule has 0 fully saturated rings. The molecule has 0 saturated carbocycles. The number of hydrogen-bond donors (Lipinski definition) is 1. The van der Waals surface area contributed by atoms with E-state index in [-0.39, 0.29) is 18.5 Å². The number of carbonyl (C=O) groups is 2. The molecule has 0 aliphatic rings. The summed E-state index contributed by atoms with van der Waals surface area (Å²) in [5.41, 5.74) is 2.15. The van der Waals surface area contributed by atoms with Gasteiger partial charge in [-0.2, -0.15) is 5.26 Å². The van der Waals surface area contributed by atoms with E-state index >= 15 is 0 Å². The van der Waals surface area contributed by atoms with Crippen molar-refractivity contribution in [3.63, 3.8) is 0 Å². The van der Waals surface area contributed by atoms with Gasteiger partial charge in [0.05, 0.1) is 18.2 Å². The number of nitriles is 1. The van der Waals surface area contributed by atoms with E-state index in [9.17, 15) is 9.59 Å². The fourth-order valence-corrected chi connectivity index (χ4v) is 4.32. The van der Waals surface area contributed by atoms with Crippen molar-refractivity contribution in [1.82, 2.24) is 9.80 Å². The number of benzene rings is 2. The first kappa shape index (κ1) is 24.0. The van der Waals surface area contributed by atoms with Gasteiger partial charge in [0, 0.05) is 28.5 Å². The highest BCUT2D eigenvalue weighted by molar-refractivity contribution is 7.11. The van der Waals surface area contributed by atoms with E-state index in [4.69, 9.17) is 5.26 Å². The first-order valence-corrected chi connectivity index (χ1v) is 11.7. The van der Waals surface area contributed by atoms with Crippen molar-refractivity contribution in [1.29, 1.82) is 5.26 Å². The van der Waals surface area contributed by atoms with Crippen molar-refractivity contribution in [3.05, 3.63) is 87.6 Å². The van der Waals surface area contributed by atoms with Crippen LogP contribution in [0.2, 0.25) is 0 Å². The highest BCUT2D eigenvalue weighted by Gasteiger charge is 2.22. The molecule has 170 valence electrons. The second-order valence-electron chi connectivity index (χ2n) is 7.79. The van der Waals surface area contributed by atoms with Crippen LogP contribution in [0.1, 0.15) is 34.2 Å². The average Bonchev–Trinajstić information content (AvgIpc) is 3.24. The Labute approximate surface area is 199 Å². The van der Waals surface area contributed by atoms with Crippen molar-refractivity contribution < 1.29 is 9.59 Å². The molecule has 0 unspecified atom stereocenters. The molecule has 33 heavy (non-hydrogen) atoms. The van der Waals surface area contributed by atoms with Crippen molar-refractivity contribution in [2.75, 3.05) is 18.4 Å². The number of amides is 3. The number of rotatable bonds is 9. The van der Waals surface area contributed by atoms with Gasteiger partial charge in [-0.3, -0.25) is 4.79 Å². The first-order valence-electron chi connectivity index (χ1n) is 10.9. The van der Waals surface area contributed by atoms with Gasteiger partial charge < -0.3 is 15.1 Å². The largest absolute Gasteiger partial charge is 0.332 e. The maximum Gasteiger partial charge on any atom is 0.322 e. The predicted octanol–water partition coefficient (Wildman–Crippen LogP) is 5.40. The molecule has 6 nitrogen and oxygen atoms in total. The van der Waals surface area contributed by atoms with Gasteiger partial charge in [0.25, 0.3) is 0 Å². The summed E-state index contributed by atoms with van der Waals surface area (Å²) in [6.07, 6.45) is 0.733. The van der Waals surface area contributed by atoms with Crippen LogP contribution in [0.15, 0.2) is 66.7 Å². The molecule has 0 bridgehead atoms. The van der Waals surface area contributed by atoms with Crippen LogP contribution in [-0.2, 0) is 17.9 Å². The summed E-state index contributed by atoms with van der Waals surface area (Å²) in [7, 11) is 0. The van der Waals surface area contributed by atoms with Crippen LogP contribution in [0.5, 0.6) is 0 Å². The fraction of sp³-hybridized carbons (Fsp3) is 0.269. The Bertz CT molecular complexity index is 1100. The SMILES string of the molecule is CCCN(CC(=O)N(Cc1ccccc1)Cc1ccc(C)s1)C(=O)Nc1ccc(C#N)cc1. The summed E-state index contributed by atoms with van der Waals surface area (Å²) in [6.45, 7) is 5.46. The van der Waals surface area contributed by atoms with E-state index in [0.717, 1.165) is 16.9 Å². The van der Waals surface area contributed by atoms with Crippen LogP contribution in [0.3, 0.4) is 0 Å². The minimum atomic E-state index is -0.332. The van der Waals surface area contributed by atoms with Gasteiger partial charge in [-0.05, 0) is 55.3 Å². The van der Waals surface area contributed by atoms with Crippen molar-refractivity contribution in [2.45, 2.75) is 33.4 Å². The van der Waals surface area contributed by atoms with E-state index in [2.05, 4.69) is 17.5 Å². The molecule has 1 aromatic heterocycles. The minimum absolute atomic E-state index is 0.00680. The summed E-state index contributed by atoms with van der Waals surface area (Å²) in [5, 5.41) is 11.8. The van der Waals surface area contributed by atoms with Gasteiger partial charge in [-0.15, -0.1) is 11.3 Å². The van der Waals surface area contributed by atoms with Crippen LogP contribution in [0.4, 0.5) is 10.5 Å². The summed E-state index contributed by atoms with van der Waals surface area (Å²) in [6, 6.07) is 22.4. The van der Waals surface area contributed by atoms with E-state index in [0.29, 0.717) is 30.9 Å². The Hall–Kier alpha value is -3.63. The number of aryl methyl sites for hydroxylation is 1. The molecule has 0 aliphatic heterocycles. The topological polar surface area (TPSA) is 76.4 Å². The minimum Gasteiger partial charge on any atom is -0.332 e. The maximum absolute atomic E-state index is 13.4. The number of anilines is 1. The fourth-order valence-electron chi connectivity index (χ4n) is 3.41. The number of carbonyl (C=O) groups excluding carboxylic acids is 2. The number of nitrogens with one attached hydrogen (secondary N) is 1. The molecule has 3 aromatic rings. The zero-order valence-corrected chi connectivity index (χ0v) is 19.8. The molecular formula is C26H28N4O2S. The number of nitrogens with zero attached hydrogens (tertiary/aromatic N) is 3. The lowest BCUT2D eigenvalue weighted by Crippen LogP contribution is -2.44. The molecule has 0 radical (unpaired) electrons. The quantitative estimate of drug-likeness (QED) is 0.464. The highest BCUT2D eigenvalue weighted by atomic mass is 32.1. The van der Waals surface area contributed by atoms with Gasteiger partial charge in [-0.25, -0.2) is 4.79 Å². The Morgan fingerprint density at radius 3 is 2.30 bits per heavy atom. The summed E-state index contributed by atoms with van der Waals surface area (Å²) in [4.78, 5) is 31.9. The summed E-state index contributed by atoms with van der Waals surface area (Å²) < 4.78 is 0. The van der Waals surface area contributed by atoms with Crippen LogP contribution < -0.4 is 5.32 Å². The smallest absolute Gasteiger partial charge is 0.322 e. The third kappa shape index (κ3) is 7.19. The molecule has 2 aromatic carbocycles. The van der Waals surface area contributed by atoms with E-state index in [1.165, 1.54) is 9.78 Å². The van der Waals surface area contributed by atoms with Gasteiger partial charge in [-0.1, -0.05) is 37.3 Å². The third-order valence-corrected chi connectivity index (χ3v) is 6.07. The van der Waals surface area contributed by atoms with Crippen LogP contribution in [0.25, 0.3) is 0 Å². The second-order valence-corrected chi connectivity index (χ2v) is 9.16. The number of thiophene rings is 1. The zero-order chi connectivity index (χ0) is 23.6. The summed E-state index contributed by atoms with van der Waals surface area (Å²) in [5.74, 6) is -0.103. The normalized spacial score (nSPS) is 10.3. The molecule has 0 aliphatic carbocycles. The van der Waals surface area contributed by atoms with Gasteiger partial charge in [0.15, 0.2) is 0 Å². The molecule has 7 heteroatoms. The third-order valence-electron chi connectivity index (χ3n) is 5.08. The molecule has 0 atom stereocenters. The Kier molecular flexibility index (Phi) is 8.62. The first-order chi connectivity index (χ1) is 16.0. The lowest BCUT2D eigenvalue weighted by molar-refractivity contribution is -0.133. The van der Waals surface area contributed by atoms with Gasteiger partial charge in [0.2, 0.25) is 5.91 Å². The number of hydrogen-bond acceptors (Lipinski definition) is 4. The Morgan fingerprint density at radius 1 is 0.970 bits per heavy atom. The monoisotopic (exact) mass is 460 g/mol. The predicted molar refractivity (Wildman–Crippen MR) is 132 cm³/mol. The van der Waals surface area contributed by atoms with Crippen molar-refractivity contribution in [3.8, 4) is 6.07 Å². The standard InChI is InChI=1S/C26H28N4O2S/c1-3-15-29(26(32)28-23-12-10-21(16-27)11-13-23)19-25(31)30(17-22-7-5-4-6-8-22)18-24-14-9-20(2)33-24/h4-14H,3,15,17-19H2,1-2H3,(H,28,32). The number of urea groups is 1. The van der Waals surface area contributed by atoms with Crippen LogP contribution in [0, 0.1) is 18.3 Å². The molecule has 3 rings (SSSR count).